The van der Waals surface area contributed by atoms with Crippen molar-refractivity contribution in [3.8, 4) is 5.75 Å². The van der Waals surface area contributed by atoms with Crippen LogP contribution in [-0.4, -0.2) is 29.2 Å². The van der Waals surface area contributed by atoms with Crippen LogP contribution in [0.1, 0.15) is 23.2 Å². The van der Waals surface area contributed by atoms with Crippen LogP contribution in [0.5, 0.6) is 5.75 Å². The maximum Gasteiger partial charge on any atom is 0.325 e. The lowest BCUT2D eigenvalue weighted by Gasteiger charge is -2.03. The number of ether oxygens (including phenoxy) is 1. The number of hydrazone groups is 1. The number of H-pyrrole nitrogens is 2. The molecule has 126 valence electrons. The number of nitrogens with one attached hydrogen (secondary N) is 3. The number of benzene rings is 1. The molecule has 0 unspecified atom stereocenters. The zero-order chi connectivity index (χ0) is 17.5. The maximum atomic E-state index is 11.8. The largest absolute Gasteiger partial charge is 0.497 e. The van der Waals surface area contributed by atoms with Gasteiger partial charge in [0.2, 0.25) is 5.91 Å². The Labute approximate surface area is 137 Å². The molecule has 2 rings (SSSR count). The Kier molecular flexibility index (Phi) is 5.67. The smallest absolute Gasteiger partial charge is 0.325 e. The monoisotopic (exact) mass is 330 g/mol. The second-order valence-electron chi connectivity index (χ2n) is 5.08. The Balaban J connectivity index is 1.88. The average molecular weight is 330 g/mol. The van der Waals surface area contributed by atoms with Gasteiger partial charge in [-0.05, 0) is 43.2 Å². The summed E-state index contributed by atoms with van der Waals surface area (Å²) in [6.45, 7) is 1.62. The molecule has 1 aromatic heterocycles. The molecule has 0 atom stereocenters. The number of hydrogen-bond acceptors (Lipinski definition) is 5. The third-order valence-corrected chi connectivity index (χ3v) is 3.38. The van der Waals surface area contributed by atoms with Gasteiger partial charge < -0.3 is 9.72 Å². The molecular formula is C16H18N4O4. The van der Waals surface area contributed by atoms with Gasteiger partial charge in [0.15, 0.2) is 0 Å². The molecule has 2 aromatic rings. The van der Waals surface area contributed by atoms with E-state index in [0.29, 0.717) is 11.3 Å². The summed E-state index contributed by atoms with van der Waals surface area (Å²) in [6, 6.07) is 7.18. The van der Waals surface area contributed by atoms with E-state index < -0.39 is 11.2 Å². The van der Waals surface area contributed by atoms with Crippen molar-refractivity contribution in [1.82, 2.24) is 15.4 Å². The van der Waals surface area contributed by atoms with E-state index in [4.69, 9.17) is 4.74 Å². The van der Waals surface area contributed by atoms with Gasteiger partial charge >= 0.3 is 5.69 Å². The molecule has 0 aliphatic heterocycles. The van der Waals surface area contributed by atoms with Crippen molar-refractivity contribution in [2.24, 2.45) is 5.10 Å². The second kappa shape index (κ2) is 7.91. The minimum absolute atomic E-state index is 0.0793. The van der Waals surface area contributed by atoms with Crippen molar-refractivity contribution in [3.63, 3.8) is 0 Å². The molecule has 0 saturated carbocycles. The SMILES string of the molecule is COc1ccc(/C=N/NC(=O)CCc2c(C)[nH]c(=O)[nH]c2=O)cc1. The second-order valence-corrected chi connectivity index (χ2v) is 5.08. The number of aromatic amines is 2. The molecular weight excluding hydrogens is 312 g/mol. The number of carbonyl (C=O) groups is 1. The highest BCUT2D eigenvalue weighted by Gasteiger charge is 2.08. The number of carbonyl (C=O) groups excluding carboxylic acids is 1. The Morgan fingerprint density at radius 3 is 2.58 bits per heavy atom. The third kappa shape index (κ3) is 4.67. The van der Waals surface area contributed by atoms with Crippen LogP contribution in [0, 0.1) is 6.92 Å². The number of methoxy groups -OCH3 is 1. The van der Waals surface area contributed by atoms with Crippen LogP contribution in [0.3, 0.4) is 0 Å². The molecule has 0 bridgehead atoms. The summed E-state index contributed by atoms with van der Waals surface area (Å²) < 4.78 is 5.05. The molecule has 0 saturated heterocycles. The highest BCUT2D eigenvalue weighted by molar-refractivity contribution is 5.82. The summed E-state index contributed by atoms with van der Waals surface area (Å²) in [4.78, 5) is 39.2. The third-order valence-electron chi connectivity index (χ3n) is 3.38. The van der Waals surface area contributed by atoms with Gasteiger partial charge in [-0.25, -0.2) is 10.2 Å². The molecule has 1 aromatic carbocycles. The van der Waals surface area contributed by atoms with Gasteiger partial charge in [0.05, 0.1) is 13.3 Å². The predicted molar refractivity (Wildman–Crippen MR) is 89.5 cm³/mol. The van der Waals surface area contributed by atoms with Crippen molar-refractivity contribution in [3.05, 3.63) is 61.9 Å². The molecule has 0 aliphatic carbocycles. The lowest BCUT2D eigenvalue weighted by Crippen LogP contribution is -2.28. The summed E-state index contributed by atoms with van der Waals surface area (Å²) in [5.74, 6) is 0.405. The van der Waals surface area contributed by atoms with Crippen LogP contribution in [0.25, 0.3) is 0 Å². The number of nitrogens with zero attached hydrogens (tertiary/aromatic N) is 1. The molecule has 0 aliphatic rings. The number of amides is 1. The molecule has 1 heterocycles. The summed E-state index contributed by atoms with van der Waals surface area (Å²) in [5.41, 5.74) is 3.00. The molecule has 0 spiro atoms. The molecule has 3 N–H and O–H groups in total. The van der Waals surface area contributed by atoms with E-state index in [1.54, 1.807) is 38.3 Å². The van der Waals surface area contributed by atoms with E-state index in [0.717, 1.165) is 11.3 Å². The van der Waals surface area contributed by atoms with Crippen LogP contribution in [0.15, 0.2) is 39.0 Å². The lowest BCUT2D eigenvalue weighted by atomic mass is 10.1. The van der Waals surface area contributed by atoms with Gasteiger partial charge in [-0.15, -0.1) is 0 Å². The van der Waals surface area contributed by atoms with E-state index >= 15 is 0 Å². The highest BCUT2D eigenvalue weighted by Crippen LogP contribution is 2.09. The normalized spacial score (nSPS) is 10.8. The molecule has 8 nitrogen and oxygen atoms in total. The van der Waals surface area contributed by atoms with Crippen molar-refractivity contribution in [1.29, 1.82) is 0 Å². The first kappa shape index (κ1) is 17.2. The molecule has 0 radical (unpaired) electrons. The Hall–Kier alpha value is -3.16. The quantitative estimate of drug-likeness (QED) is 0.527. The van der Waals surface area contributed by atoms with E-state index in [1.165, 1.54) is 6.21 Å². The minimum atomic E-state index is -0.560. The van der Waals surface area contributed by atoms with Gasteiger partial charge in [0, 0.05) is 17.7 Å². The summed E-state index contributed by atoms with van der Waals surface area (Å²) in [7, 11) is 1.58. The Morgan fingerprint density at radius 1 is 1.25 bits per heavy atom. The van der Waals surface area contributed by atoms with Crippen molar-refractivity contribution in [2.45, 2.75) is 19.8 Å². The zero-order valence-corrected chi connectivity index (χ0v) is 13.4. The Bertz CT molecular complexity index is 850. The number of aryl methyl sites for hydroxylation is 1. The van der Waals surface area contributed by atoms with Crippen LogP contribution in [0.4, 0.5) is 0 Å². The standard InChI is InChI=1S/C16H18N4O4/c1-10-13(15(22)19-16(23)18-10)7-8-14(21)20-17-9-11-3-5-12(24-2)6-4-11/h3-6,9H,7-8H2,1-2H3,(H,20,21)(H2,18,19,22,23)/b17-9+. The van der Waals surface area contributed by atoms with Crippen molar-refractivity contribution in [2.75, 3.05) is 7.11 Å². The van der Waals surface area contributed by atoms with Gasteiger partial charge in [0.1, 0.15) is 5.75 Å². The van der Waals surface area contributed by atoms with Crippen molar-refractivity contribution >= 4 is 12.1 Å². The molecule has 0 fully saturated rings. The van der Waals surface area contributed by atoms with Gasteiger partial charge in [-0.1, -0.05) is 0 Å². The van der Waals surface area contributed by atoms with Crippen LogP contribution >= 0.6 is 0 Å². The fraction of sp³-hybridized carbons (Fsp3) is 0.250. The Morgan fingerprint density at radius 2 is 1.96 bits per heavy atom. The van der Waals surface area contributed by atoms with Crippen molar-refractivity contribution < 1.29 is 9.53 Å². The molecule has 8 heteroatoms. The number of aromatic nitrogens is 2. The average Bonchev–Trinajstić information content (AvgIpc) is 2.54. The van der Waals surface area contributed by atoms with Gasteiger partial charge in [-0.3, -0.25) is 14.6 Å². The fourth-order valence-corrected chi connectivity index (χ4v) is 2.09. The summed E-state index contributed by atoms with van der Waals surface area (Å²) >= 11 is 0. The van der Waals surface area contributed by atoms with Crippen LogP contribution < -0.4 is 21.4 Å². The maximum absolute atomic E-state index is 11.8. The molecule has 1 amide bonds. The van der Waals surface area contributed by atoms with Crippen LogP contribution in [-0.2, 0) is 11.2 Å². The first-order chi connectivity index (χ1) is 11.5. The van der Waals surface area contributed by atoms with Crippen LogP contribution in [0.2, 0.25) is 0 Å². The molecule has 24 heavy (non-hydrogen) atoms. The summed E-state index contributed by atoms with van der Waals surface area (Å²) in [5, 5.41) is 3.86. The lowest BCUT2D eigenvalue weighted by molar-refractivity contribution is -0.121. The van der Waals surface area contributed by atoms with E-state index in [9.17, 15) is 14.4 Å². The van der Waals surface area contributed by atoms with E-state index in [1.807, 2.05) is 0 Å². The predicted octanol–water partition coefficient (Wildman–Crippen LogP) is 0.463. The first-order valence-corrected chi connectivity index (χ1v) is 7.27. The zero-order valence-electron chi connectivity index (χ0n) is 13.4. The van der Waals surface area contributed by atoms with Gasteiger partial charge in [0.25, 0.3) is 5.56 Å². The first-order valence-electron chi connectivity index (χ1n) is 7.27. The van der Waals surface area contributed by atoms with E-state index in [-0.39, 0.29) is 18.7 Å². The summed E-state index contributed by atoms with van der Waals surface area (Å²) in [6.07, 6.45) is 1.80. The number of rotatable bonds is 6. The minimum Gasteiger partial charge on any atom is -0.497 e. The van der Waals surface area contributed by atoms with E-state index in [2.05, 4.69) is 20.5 Å². The number of hydrogen-bond donors (Lipinski definition) is 3. The topological polar surface area (TPSA) is 116 Å². The highest BCUT2D eigenvalue weighted by atomic mass is 16.5. The van der Waals surface area contributed by atoms with Gasteiger partial charge in [-0.2, -0.15) is 5.10 Å². The fourth-order valence-electron chi connectivity index (χ4n) is 2.09.